The summed E-state index contributed by atoms with van der Waals surface area (Å²) >= 11 is 0. The van der Waals surface area contributed by atoms with E-state index in [9.17, 15) is 8.42 Å². The number of hydrogen-bond donors (Lipinski definition) is 2. The molecule has 0 fully saturated rings. The Balaban J connectivity index is 3.06. The van der Waals surface area contributed by atoms with Gasteiger partial charge in [-0.25, -0.2) is 13.1 Å². The highest BCUT2D eigenvalue weighted by atomic mass is 32.2. The van der Waals surface area contributed by atoms with Gasteiger partial charge in [0.25, 0.3) is 0 Å². The molecule has 8 heteroatoms. The quantitative estimate of drug-likeness (QED) is 0.719. The molecule has 1 atom stereocenters. The van der Waals surface area contributed by atoms with Gasteiger partial charge in [0.05, 0.1) is 30.6 Å². The average molecular weight is 277 g/mol. The summed E-state index contributed by atoms with van der Waals surface area (Å²) in [6.45, 7) is 3.09. The molecular weight excluding hydrogens is 258 g/mol. The fourth-order valence-corrected chi connectivity index (χ4v) is 3.40. The van der Waals surface area contributed by atoms with E-state index in [0.29, 0.717) is 11.4 Å². The highest BCUT2D eigenvalue weighted by Crippen LogP contribution is 2.18. The minimum atomic E-state index is -3.71. The van der Waals surface area contributed by atoms with Crippen LogP contribution in [-0.2, 0) is 21.8 Å². The molecule has 7 nitrogen and oxygen atoms in total. The number of aryl methyl sites for hydroxylation is 2. The fourth-order valence-electron chi connectivity index (χ4n) is 1.75. The second-order valence-electron chi connectivity index (χ2n) is 4.08. The molecule has 0 aliphatic rings. The Morgan fingerprint density at radius 2 is 2.11 bits per heavy atom. The van der Waals surface area contributed by atoms with Crippen LogP contribution in [0.4, 0.5) is 0 Å². The van der Waals surface area contributed by atoms with E-state index in [-0.39, 0.29) is 18.1 Å². The van der Waals surface area contributed by atoms with Crippen LogP contribution in [0.25, 0.3) is 0 Å². The normalized spacial score (nSPS) is 13.8. The number of nitrogens with one attached hydrogen (secondary N) is 1. The fraction of sp³-hybridized carbons (Fsp3) is 0.700. The van der Waals surface area contributed by atoms with Gasteiger partial charge in [0.2, 0.25) is 10.0 Å². The van der Waals surface area contributed by atoms with Crippen molar-refractivity contribution in [3.8, 4) is 0 Å². The number of sulfonamides is 1. The minimum Gasteiger partial charge on any atom is -0.395 e. The van der Waals surface area contributed by atoms with Crippen molar-refractivity contribution in [2.24, 2.45) is 7.05 Å². The molecule has 0 aliphatic heterocycles. The molecule has 18 heavy (non-hydrogen) atoms. The number of nitrogens with zero attached hydrogens (tertiary/aromatic N) is 2. The van der Waals surface area contributed by atoms with Gasteiger partial charge in [0.15, 0.2) is 0 Å². The lowest BCUT2D eigenvalue weighted by atomic mass is 10.4. The number of ether oxygens (including phenoxy) is 1. The van der Waals surface area contributed by atoms with Crippen molar-refractivity contribution < 1.29 is 18.3 Å². The second-order valence-corrected chi connectivity index (χ2v) is 5.73. The zero-order chi connectivity index (χ0) is 13.9. The molecule has 0 amide bonds. The van der Waals surface area contributed by atoms with Crippen LogP contribution in [0.3, 0.4) is 0 Å². The smallest absolute Gasteiger partial charge is 0.244 e. The van der Waals surface area contributed by atoms with E-state index in [0.717, 1.165) is 0 Å². The third kappa shape index (κ3) is 3.08. The van der Waals surface area contributed by atoms with Crippen LogP contribution in [0.2, 0.25) is 0 Å². The molecule has 2 N–H and O–H groups in total. The van der Waals surface area contributed by atoms with Gasteiger partial charge in [0.1, 0.15) is 4.90 Å². The Hall–Kier alpha value is -0.960. The van der Waals surface area contributed by atoms with Gasteiger partial charge < -0.3 is 9.84 Å². The molecular formula is C10H19N3O4S. The van der Waals surface area contributed by atoms with E-state index >= 15 is 0 Å². The van der Waals surface area contributed by atoms with Crippen molar-refractivity contribution in [2.45, 2.75) is 24.8 Å². The van der Waals surface area contributed by atoms with E-state index in [1.165, 1.54) is 11.8 Å². The van der Waals surface area contributed by atoms with E-state index in [1.54, 1.807) is 20.9 Å². The number of methoxy groups -OCH3 is 1. The molecule has 0 bridgehead atoms. The van der Waals surface area contributed by atoms with Gasteiger partial charge in [-0.05, 0) is 13.8 Å². The van der Waals surface area contributed by atoms with Crippen LogP contribution in [0.15, 0.2) is 4.90 Å². The SMILES string of the molecule is COCC(CO)NS(=O)(=O)c1c(C)nn(C)c1C. The maximum atomic E-state index is 12.2. The summed E-state index contributed by atoms with van der Waals surface area (Å²) in [6.07, 6.45) is 0. The number of aromatic nitrogens is 2. The molecule has 0 aromatic carbocycles. The van der Waals surface area contributed by atoms with Gasteiger partial charge >= 0.3 is 0 Å². The summed E-state index contributed by atoms with van der Waals surface area (Å²) < 4.78 is 33.1. The van der Waals surface area contributed by atoms with Crippen LogP contribution < -0.4 is 4.72 Å². The third-order valence-corrected chi connectivity index (χ3v) is 4.39. The van der Waals surface area contributed by atoms with E-state index in [4.69, 9.17) is 9.84 Å². The molecule has 1 unspecified atom stereocenters. The summed E-state index contributed by atoms with van der Waals surface area (Å²) in [6, 6.07) is -0.668. The summed E-state index contributed by atoms with van der Waals surface area (Å²) in [5.41, 5.74) is 0.978. The molecule has 1 rings (SSSR count). The lowest BCUT2D eigenvalue weighted by Crippen LogP contribution is -2.40. The molecule has 0 saturated carbocycles. The van der Waals surface area contributed by atoms with Crippen LogP contribution in [0, 0.1) is 13.8 Å². The summed E-state index contributed by atoms with van der Waals surface area (Å²) in [4.78, 5) is 0.152. The Morgan fingerprint density at radius 1 is 1.50 bits per heavy atom. The van der Waals surface area contributed by atoms with E-state index in [2.05, 4.69) is 9.82 Å². The lowest BCUT2D eigenvalue weighted by Gasteiger charge is -2.15. The first-order valence-corrected chi connectivity index (χ1v) is 6.94. The number of hydrogen-bond acceptors (Lipinski definition) is 5. The largest absolute Gasteiger partial charge is 0.395 e. The van der Waals surface area contributed by atoms with Crippen molar-refractivity contribution >= 4 is 10.0 Å². The van der Waals surface area contributed by atoms with Gasteiger partial charge in [0, 0.05) is 14.2 Å². The maximum Gasteiger partial charge on any atom is 0.244 e. The molecule has 1 heterocycles. The van der Waals surface area contributed by atoms with Gasteiger partial charge in [-0.3, -0.25) is 4.68 Å². The molecule has 1 aromatic rings. The van der Waals surface area contributed by atoms with Crippen LogP contribution in [0.5, 0.6) is 0 Å². The summed E-state index contributed by atoms with van der Waals surface area (Å²) in [7, 11) is -0.585. The maximum absolute atomic E-state index is 12.2. The predicted octanol–water partition coefficient (Wildman–Crippen LogP) is -0.677. The number of aliphatic hydroxyl groups excluding tert-OH is 1. The van der Waals surface area contributed by atoms with Crippen molar-refractivity contribution in [1.82, 2.24) is 14.5 Å². The lowest BCUT2D eigenvalue weighted by molar-refractivity contribution is 0.139. The van der Waals surface area contributed by atoms with Gasteiger partial charge in [-0.1, -0.05) is 0 Å². The number of aliphatic hydroxyl groups is 1. The second kappa shape index (κ2) is 5.79. The third-order valence-electron chi connectivity index (χ3n) is 2.62. The van der Waals surface area contributed by atoms with Gasteiger partial charge in [-0.2, -0.15) is 5.10 Å². The van der Waals surface area contributed by atoms with Crippen LogP contribution in [0.1, 0.15) is 11.4 Å². The topological polar surface area (TPSA) is 93.4 Å². The standard InChI is InChI=1S/C10H19N3O4S/c1-7-10(8(2)13(3)11-7)18(15,16)12-9(5-14)6-17-4/h9,12,14H,5-6H2,1-4H3. The molecule has 0 saturated heterocycles. The van der Waals surface area contributed by atoms with Crippen molar-refractivity contribution in [3.63, 3.8) is 0 Å². The first kappa shape index (κ1) is 15.1. The Labute approximate surface area is 107 Å². The zero-order valence-corrected chi connectivity index (χ0v) is 11.8. The summed E-state index contributed by atoms with van der Waals surface area (Å²) in [5.74, 6) is 0. The van der Waals surface area contributed by atoms with Crippen molar-refractivity contribution in [2.75, 3.05) is 20.3 Å². The Kier molecular flexibility index (Phi) is 4.85. The molecule has 0 spiro atoms. The van der Waals surface area contributed by atoms with E-state index in [1.807, 2.05) is 0 Å². The first-order chi connectivity index (χ1) is 8.33. The predicted molar refractivity (Wildman–Crippen MR) is 65.8 cm³/mol. The van der Waals surface area contributed by atoms with Crippen molar-refractivity contribution in [3.05, 3.63) is 11.4 Å². The molecule has 104 valence electrons. The molecule has 1 aromatic heterocycles. The Morgan fingerprint density at radius 3 is 2.50 bits per heavy atom. The van der Waals surface area contributed by atoms with Crippen LogP contribution in [-0.4, -0.2) is 49.7 Å². The monoisotopic (exact) mass is 277 g/mol. The average Bonchev–Trinajstić information content (AvgIpc) is 2.52. The number of rotatable bonds is 6. The zero-order valence-electron chi connectivity index (χ0n) is 11.0. The highest BCUT2D eigenvalue weighted by molar-refractivity contribution is 7.89. The molecule has 0 aliphatic carbocycles. The van der Waals surface area contributed by atoms with Gasteiger partial charge in [-0.15, -0.1) is 0 Å². The van der Waals surface area contributed by atoms with Crippen LogP contribution >= 0.6 is 0 Å². The first-order valence-electron chi connectivity index (χ1n) is 5.45. The minimum absolute atomic E-state index is 0.105. The highest BCUT2D eigenvalue weighted by Gasteiger charge is 2.26. The Bertz CT molecular complexity index is 509. The molecule has 0 radical (unpaired) electrons. The van der Waals surface area contributed by atoms with Crippen molar-refractivity contribution in [1.29, 1.82) is 0 Å². The summed E-state index contributed by atoms with van der Waals surface area (Å²) in [5, 5.41) is 13.1. The van der Waals surface area contributed by atoms with E-state index < -0.39 is 16.1 Å².